The Balaban J connectivity index is 1.44. The van der Waals surface area contributed by atoms with Crippen molar-refractivity contribution < 1.29 is 9.59 Å². The molecular weight excluding hydrogens is 468 g/mol. The van der Waals surface area contributed by atoms with Crippen molar-refractivity contribution >= 4 is 51.9 Å². The summed E-state index contributed by atoms with van der Waals surface area (Å²) in [6.45, 7) is 3.91. The van der Waals surface area contributed by atoms with E-state index in [0.717, 1.165) is 11.1 Å². The molecule has 0 radical (unpaired) electrons. The Morgan fingerprint density at radius 1 is 1.06 bits per heavy atom. The fourth-order valence-electron chi connectivity index (χ4n) is 3.63. The Hall–Kier alpha value is -3.43. The van der Waals surface area contributed by atoms with Crippen LogP contribution in [0.25, 0.3) is 11.8 Å². The summed E-state index contributed by atoms with van der Waals surface area (Å²) in [6.07, 6.45) is 1.82. The third-order valence-electron chi connectivity index (χ3n) is 5.63. The smallest absolute Gasteiger partial charge is 0.295 e. The summed E-state index contributed by atoms with van der Waals surface area (Å²) in [4.78, 5) is 40.4. The van der Waals surface area contributed by atoms with Crippen LogP contribution in [0.5, 0.6) is 0 Å². The van der Waals surface area contributed by atoms with Gasteiger partial charge in [0.25, 0.3) is 11.5 Å². The Morgan fingerprint density at radius 3 is 2.41 bits per heavy atom. The van der Waals surface area contributed by atoms with Gasteiger partial charge in [-0.2, -0.15) is 0 Å². The van der Waals surface area contributed by atoms with Crippen LogP contribution in [-0.2, 0) is 16.6 Å². The van der Waals surface area contributed by atoms with Gasteiger partial charge in [-0.15, -0.1) is 0 Å². The highest BCUT2D eigenvalue weighted by Gasteiger charge is 2.32. The van der Waals surface area contributed by atoms with Crippen molar-refractivity contribution in [3.63, 3.8) is 0 Å². The largest absolute Gasteiger partial charge is 0.320 e. The minimum absolute atomic E-state index is 0.0172. The lowest BCUT2D eigenvalue weighted by Gasteiger charge is -2.13. The van der Waals surface area contributed by atoms with Gasteiger partial charge in [0.2, 0.25) is 5.91 Å². The molecule has 1 aliphatic rings. The van der Waals surface area contributed by atoms with E-state index in [-0.39, 0.29) is 36.0 Å². The lowest BCUT2D eigenvalue weighted by Crippen LogP contribution is -2.32. The fourth-order valence-corrected chi connectivity index (χ4v) is 4.94. The second-order valence-electron chi connectivity index (χ2n) is 7.98. The van der Waals surface area contributed by atoms with Crippen LogP contribution in [0.15, 0.2) is 64.3 Å². The number of hydrogen-bond donors (Lipinski definition) is 1. The Kier molecular flexibility index (Phi) is 6.85. The number of anilines is 1. The highest BCUT2D eigenvalue weighted by Crippen LogP contribution is 2.32. The maximum absolute atomic E-state index is 13.0. The van der Waals surface area contributed by atoms with E-state index in [9.17, 15) is 14.4 Å². The third-order valence-corrected chi connectivity index (χ3v) is 7.01. The van der Waals surface area contributed by atoms with E-state index < -0.39 is 0 Å². The van der Waals surface area contributed by atoms with Gasteiger partial charge in [-0.25, -0.2) is 4.68 Å². The number of hydrogen-bond acceptors (Lipinski definition) is 5. The quantitative estimate of drug-likeness (QED) is 0.416. The normalized spacial score (nSPS) is 14.8. The molecule has 0 saturated carbocycles. The van der Waals surface area contributed by atoms with E-state index >= 15 is 0 Å². The van der Waals surface area contributed by atoms with E-state index in [0.29, 0.717) is 20.6 Å². The number of aromatic nitrogens is 2. The number of nitrogens with one attached hydrogen (secondary N) is 1. The second-order valence-corrected chi connectivity index (χ2v) is 9.65. The first-order chi connectivity index (χ1) is 16.3. The summed E-state index contributed by atoms with van der Waals surface area (Å²) >= 11 is 6.59. The van der Waals surface area contributed by atoms with Crippen LogP contribution in [0, 0.1) is 13.8 Å². The zero-order valence-corrected chi connectivity index (χ0v) is 20.7. The van der Waals surface area contributed by atoms with Crippen molar-refractivity contribution in [2.24, 2.45) is 7.05 Å². The van der Waals surface area contributed by atoms with E-state index in [1.165, 1.54) is 21.3 Å². The van der Waals surface area contributed by atoms with Crippen LogP contribution < -0.4 is 10.9 Å². The number of aryl methyl sites for hydroxylation is 1. The van der Waals surface area contributed by atoms with Crippen LogP contribution in [0.2, 0.25) is 0 Å². The Labute approximate surface area is 207 Å². The van der Waals surface area contributed by atoms with Crippen LogP contribution in [0.1, 0.15) is 23.2 Å². The molecule has 3 aromatic rings. The summed E-state index contributed by atoms with van der Waals surface area (Å²) in [6, 6.07) is 17.1. The average molecular weight is 493 g/mol. The lowest BCUT2D eigenvalue weighted by atomic mass is 10.1. The Bertz CT molecular complexity index is 1360. The molecule has 0 bridgehead atoms. The molecule has 0 unspecified atom stereocenters. The zero-order valence-electron chi connectivity index (χ0n) is 19.1. The van der Waals surface area contributed by atoms with Crippen molar-refractivity contribution in [3.05, 3.63) is 86.7 Å². The molecular formula is C25H24N4O3S2. The van der Waals surface area contributed by atoms with Crippen molar-refractivity contribution in [2.75, 3.05) is 11.9 Å². The first kappa shape index (κ1) is 23.7. The first-order valence-electron chi connectivity index (χ1n) is 10.7. The summed E-state index contributed by atoms with van der Waals surface area (Å²) in [5, 5.41) is 2.72. The van der Waals surface area contributed by atoms with Gasteiger partial charge in [-0.05, 0) is 37.6 Å². The van der Waals surface area contributed by atoms with Gasteiger partial charge in [0.1, 0.15) is 10.0 Å². The van der Waals surface area contributed by atoms with Gasteiger partial charge in [-0.3, -0.25) is 24.0 Å². The van der Waals surface area contributed by atoms with E-state index in [4.69, 9.17) is 12.2 Å². The molecule has 9 heteroatoms. The maximum Gasteiger partial charge on any atom is 0.295 e. The average Bonchev–Trinajstić information content (AvgIpc) is 3.20. The minimum atomic E-state index is -0.359. The van der Waals surface area contributed by atoms with Crippen molar-refractivity contribution in [2.45, 2.75) is 20.3 Å². The topological polar surface area (TPSA) is 76.3 Å². The van der Waals surface area contributed by atoms with Crippen molar-refractivity contribution in [3.8, 4) is 5.69 Å². The van der Waals surface area contributed by atoms with Gasteiger partial charge >= 0.3 is 0 Å². The molecule has 1 aromatic heterocycles. The Morgan fingerprint density at radius 2 is 1.74 bits per heavy atom. The molecule has 7 nitrogen and oxygen atoms in total. The predicted molar refractivity (Wildman–Crippen MR) is 140 cm³/mol. The molecule has 34 heavy (non-hydrogen) atoms. The van der Waals surface area contributed by atoms with Crippen molar-refractivity contribution in [1.82, 2.24) is 14.3 Å². The van der Waals surface area contributed by atoms with Gasteiger partial charge in [0.15, 0.2) is 0 Å². The van der Waals surface area contributed by atoms with Crippen molar-refractivity contribution in [1.29, 1.82) is 0 Å². The van der Waals surface area contributed by atoms with Gasteiger partial charge in [0, 0.05) is 20.0 Å². The molecule has 2 aromatic carbocycles. The third kappa shape index (κ3) is 4.76. The highest BCUT2D eigenvalue weighted by atomic mass is 32.2. The molecule has 2 amide bonds. The fraction of sp³-hybridized carbons (Fsp3) is 0.200. The summed E-state index contributed by atoms with van der Waals surface area (Å²) in [7, 11) is 1.76. The molecule has 0 atom stereocenters. The number of thioether (sulfide) groups is 1. The number of benzene rings is 2. The summed E-state index contributed by atoms with van der Waals surface area (Å²) in [5.41, 5.74) is 3.30. The SMILES string of the molecule is Cc1ccc(/C=C2\SC(=S)N(CCC(=O)Nc3c(C)n(C)n(-c4ccccc4)c3=O)C2=O)cc1. The highest BCUT2D eigenvalue weighted by molar-refractivity contribution is 8.26. The van der Waals surface area contributed by atoms with E-state index in [2.05, 4.69) is 5.32 Å². The monoisotopic (exact) mass is 492 g/mol. The number of carbonyl (C=O) groups excluding carboxylic acids is 2. The number of thiocarbonyl (C=S) groups is 1. The molecule has 4 rings (SSSR count). The number of para-hydroxylation sites is 1. The number of amides is 2. The van der Waals surface area contributed by atoms with E-state index in [1.54, 1.807) is 24.7 Å². The van der Waals surface area contributed by atoms with Gasteiger partial charge < -0.3 is 5.32 Å². The lowest BCUT2D eigenvalue weighted by molar-refractivity contribution is -0.122. The van der Waals surface area contributed by atoms with Crippen LogP contribution in [0.4, 0.5) is 5.69 Å². The molecule has 1 aliphatic heterocycles. The summed E-state index contributed by atoms with van der Waals surface area (Å²) < 4.78 is 3.62. The molecule has 1 fully saturated rings. The van der Waals surface area contributed by atoms with Gasteiger partial charge in [0.05, 0.1) is 16.3 Å². The van der Waals surface area contributed by atoms with Crippen LogP contribution >= 0.6 is 24.0 Å². The molecule has 0 aliphatic carbocycles. The van der Waals surface area contributed by atoms with Crippen LogP contribution in [-0.4, -0.2) is 36.9 Å². The molecule has 174 valence electrons. The molecule has 1 saturated heterocycles. The van der Waals surface area contributed by atoms with Gasteiger partial charge in [-0.1, -0.05) is 72.0 Å². The van der Waals surface area contributed by atoms with E-state index in [1.807, 2.05) is 61.5 Å². The molecule has 1 N–H and O–H groups in total. The second kappa shape index (κ2) is 9.82. The molecule has 0 spiro atoms. The molecule has 2 heterocycles. The number of rotatable bonds is 6. The summed E-state index contributed by atoms with van der Waals surface area (Å²) in [5.74, 6) is -0.576. The standard InChI is InChI=1S/C25H24N4O3S2/c1-16-9-11-18(12-10-16)15-20-23(31)28(25(33)34-20)14-13-21(30)26-22-17(2)27(3)29(24(22)32)19-7-5-4-6-8-19/h4-12,15H,13-14H2,1-3H3,(H,26,30)/b20-15-. The maximum atomic E-state index is 13.0. The number of nitrogens with zero attached hydrogens (tertiary/aromatic N) is 3. The predicted octanol–water partition coefficient (Wildman–Crippen LogP) is 4.02. The minimum Gasteiger partial charge on any atom is -0.320 e. The van der Waals surface area contributed by atoms with Crippen LogP contribution in [0.3, 0.4) is 0 Å². The zero-order chi connectivity index (χ0) is 24.4. The number of carbonyl (C=O) groups is 2. The first-order valence-corrected chi connectivity index (χ1v) is 11.9.